The van der Waals surface area contributed by atoms with Crippen LogP contribution in [0.4, 0.5) is 5.69 Å². The number of para-hydroxylation sites is 1. The van der Waals surface area contributed by atoms with E-state index < -0.39 is 0 Å². The second kappa shape index (κ2) is 5.84. The smallest absolute Gasteiger partial charge is 0.277 e. The van der Waals surface area contributed by atoms with Crippen molar-refractivity contribution in [3.63, 3.8) is 0 Å². The minimum absolute atomic E-state index is 0.281. The highest BCUT2D eigenvalue weighted by Gasteiger charge is 2.29. The molecule has 3 aromatic heterocycles. The van der Waals surface area contributed by atoms with Gasteiger partial charge >= 0.3 is 0 Å². The lowest BCUT2D eigenvalue weighted by Gasteiger charge is -2.07. The van der Waals surface area contributed by atoms with E-state index in [2.05, 4.69) is 15.5 Å². The number of pyridine rings is 1. The number of amides is 1. The number of hydrogen-bond acceptors (Lipinski definition) is 4. The van der Waals surface area contributed by atoms with Crippen molar-refractivity contribution >= 4 is 17.2 Å². The molecule has 1 fully saturated rings. The third-order valence-electron chi connectivity index (χ3n) is 4.56. The molecule has 0 atom stereocenters. The molecule has 1 saturated carbocycles. The van der Waals surface area contributed by atoms with Crippen molar-refractivity contribution in [3.8, 4) is 11.3 Å². The number of carbonyl (C=O) groups excluding carboxylic acids is 1. The van der Waals surface area contributed by atoms with Crippen LogP contribution in [0, 0.1) is 0 Å². The second-order valence-electron chi connectivity index (χ2n) is 6.48. The summed E-state index contributed by atoms with van der Waals surface area (Å²) in [4.78, 5) is 17.2. The number of anilines is 1. The Hall–Kier alpha value is -3.41. The van der Waals surface area contributed by atoms with Crippen LogP contribution < -0.4 is 5.32 Å². The average Bonchev–Trinajstić information content (AvgIpc) is 3.23. The maximum atomic E-state index is 12.6. The number of hydrogen-bond donors (Lipinski definition) is 1. The van der Waals surface area contributed by atoms with Gasteiger partial charge in [-0.25, -0.2) is 4.98 Å². The van der Waals surface area contributed by atoms with Gasteiger partial charge in [-0.05, 0) is 31.0 Å². The number of rotatable bonds is 4. The Bertz CT molecular complexity index is 1070. The fraction of sp³-hybridized carbons (Fsp3) is 0.150. The molecule has 1 N–H and O–H groups in total. The normalized spacial score (nSPS) is 13.8. The van der Waals surface area contributed by atoms with Crippen LogP contribution in [0.2, 0.25) is 0 Å². The van der Waals surface area contributed by atoms with Gasteiger partial charge in [-0.15, -0.1) is 0 Å². The molecule has 6 nitrogen and oxygen atoms in total. The van der Waals surface area contributed by atoms with E-state index in [9.17, 15) is 4.79 Å². The standard InChI is InChI=1S/C20H16N4O2/c25-20(16-11-18(26-23-16)13-8-9-13)22-15-6-2-1-5-14(15)17-12-24-10-4-3-7-19(24)21-17/h1-7,10-13H,8-9H2,(H,22,25). The van der Waals surface area contributed by atoms with E-state index in [1.807, 2.05) is 59.3 Å². The zero-order valence-electron chi connectivity index (χ0n) is 13.9. The quantitative estimate of drug-likeness (QED) is 0.604. The number of aromatic nitrogens is 3. The van der Waals surface area contributed by atoms with Gasteiger partial charge in [0, 0.05) is 29.9 Å². The van der Waals surface area contributed by atoms with E-state index in [0.29, 0.717) is 17.3 Å². The molecule has 0 radical (unpaired) electrons. The molecule has 5 rings (SSSR count). The second-order valence-corrected chi connectivity index (χ2v) is 6.48. The molecule has 3 heterocycles. The maximum absolute atomic E-state index is 12.6. The van der Waals surface area contributed by atoms with Crippen molar-refractivity contribution in [2.45, 2.75) is 18.8 Å². The van der Waals surface area contributed by atoms with Gasteiger partial charge < -0.3 is 14.2 Å². The third-order valence-corrected chi connectivity index (χ3v) is 4.56. The van der Waals surface area contributed by atoms with E-state index >= 15 is 0 Å². The molecule has 4 aromatic rings. The summed E-state index contributed by atoms with van der Waals surface area (Å²) in [6, 6.07) is 15.2. The lowest BCUT2D eigenvalue weighted by molar-refractivity contribution is 0.101. The minimum Gasteiger partial charge on any atom is -0.360 e. The molecule has 1 amide bonds. The summed E-state index contributed by atoms with van der Waals surface area (Å²) in [6.45, 7) is 0. The highest BCUT2D eigenvalue weighted by atomic mass is 16.5. The molecule has 0 spiro atoms. The number of nitrogens with zero attached hydrogens (tertiary/aromatic N) is 3. The van der Waals surface area contributed by atoms with Crippen LogP contribution in [0.25, 0.3) is 16.9 Å². The van der Waals surface area contributed by atoms with Crippen LogP contribution in [0.15, 0.2) is 65.4 Å². The Morgan fingerprint density at radius 3 is 2.85 bits per heavy atom. The Kier molecular flexibility index (Phi) is 3.35. The lowest BCUT2D eigenvalue weighted by Crippen LogP contribution is -2.12. The molecule has 128 valence electrons. The lowest BCUT2D eigenvalue weighted by atomic mass is 10.1. The summed E-state index contributed by atoms with van der Waals surface area (Å²) >= 11 is 0. The molecule has 0 bridgehead atoms. The Balaban J connectivity index is 1.46. The Labute approximate surface area is 149 Å². The van der Waals surface area contributed by atoms with Crippen LogP contribution in [0.3, 0.4) is 0 Å². The first-order valence-electron chi connectivity index (χ1n) is 8.59. The molecule has 0 saturated heterocycles. The van der Waals surface area contributed by atoms with Crippen molar-refractivity contribution < 1.29 is 9.32 Å². The van der Waals surface area contributed by atoms with Gasteiger partial charge in [-0.2, -0.15) is 0 Å². The number of imidazole rings is 1. The fourth-order valence-electron chi connectivity index (χ4n) is 3.02. The van der Waals surface area contributed by atoms with Crippen molar-refractivity contribution in [2.24, 2.45) is 0 Å². The molecule has 1 aliphatic carbocycles. The number of fused-ring (bicyclic) bond motifs is 1. The summed E-state index contributed by atoms with van der Waals surface area (Å²) in [5.74, 6) is 0.940. The van der Waals surface area contributed by atoms with Crippen LogP contribution in [0.1, 0.15) is 35.0 Å². The Morgan fingerprint density at radius 2 is 2.00 bits per heavy atom. The Morgan fingerprint density at radius 1 is 1.15 bits per heavy atom. The highest BCUT2D eigenvalue weighted by Crippen LogP contribution is 2.40. The number of benzene rings is 1. The summed E-state index contributed by atoms with van der Waals surface area (Å²) < 4.78 is 7.23. The number of carbonyl (C=O) groups is 1. The van der Waals surface area contributed by atoms with Crippen LogP contribution in [0.5, 0.6) is 0 Å². The number of nitrogens with one attached hydrogen (secondary N) is 1. The van der Waals surface area contributed by atoms with Gasteiger partial charge in [0.2, 0.25) is 0 Å². The molecule has 0 aliphatic heterocycles. The van der Waals surface area contributed by atoms with Crippen molar-refractivity contribution in [1.29, 1.82) is 0 Å². The van der Waals surface area contributed by atoms with Gasteiger partial charge in [0.05, 0.1) is 11.4 Å². The zero-order chi connectivity index (χ0) is 17.5. The first-order chi connectivity index (χ1) is 12.8. The SMILES string of the molecule is O=C(Nc1ccccc1-c1cn2ccccc2n1)c1cc(C2CC2)on1. The fourth-order valence-corrected chi connectivity index (χ4v) is 3.02. The van der Waals surface area contributed by atoms with Gasteiger partial charge in [0.15, 0.2) is 5.69 Å². The topological polar surface area (TPSA) is 72.4 Å². The maximum Gasteiger partial charge on any atom is 0.277 e. The van der Waals surface area contributed by atoms with E-state index in [4.69, 9.17) is 4.52 Å². The van der Waals surface area contributed by atoms with Gasteiger partial charge in [0.25, 0.3) is 5.91 Å². The summed E-state index contributed by atoms with van der Waals surface area (Å²) in [6.07, 6.45) is 6.10. The third kappa shape index (κ3) is 2.65. The molecule has 6 heteroatoms. The molecule has 0 unspecified atom stereocenters. The van der Waals surface area contributed by atoms with E-state index in [-0.39, 0.29) is 5.91 Å². The van der Waals surface area contributed by atoms with Crippen LogP contribution in [-0.4, -0.2) is 20.4 Å². The molecular weight excluding hydrogens is 328 g/mol. The van der Waals surface area contributed by atoms with Crippen molar-refractivity contribution in [3.05, 3.63) is 72.4 Å². The van der Waals surface area contributed by atoms with Gasteiger partial charge in [-0.3, -0.25) is 4.79 Å². The molecule has 1 aromatic carbocycles. The minimum atomic E-state index is -0.281. The zero-order valence-corrected chi connectivity index (χ0v) is 13.9. The first-order valence-corrected chi connectivity index (χ1v) is 8.59. The van der Waals surface area contributed by atoms with E-state index in [1.165, 1.54) is 0 Å². The molecule has 26 heavy (non-hydrogen) atoms. The molecule has 1 aliphatic rings. The van der Waals surface area contributed by atoms with Crippen LogP contribution in [-0.2, 0) is 0 Å². The predicted molar refractivity (Wildman–Crippen MR) is 97.1 cm³/mol. The average molecular weight is 344 g/mol. The molecular formula is C20H16N4O2. The van der Waals surface area contributed by atoms with E-state index in [0.717, 1.165) is 35.5 Å². The summed E-state index contributed by atoms with van der Waals surface area (Å²) in [7, 11) is 0. The van der Waals surface area contributed by atoms with Gasteiger partial charge in [-0.1, -0.05) is 29.4 Å². The highest BCUT2D eigenvalue weighted by molar-refractivity contribution is 6.04. The monoisotopic (exact) mass is 344 g/mol. The predicted octanol–water partition coefficient (Wildman–Crippen LogP) is 4.12. The summed E-state index contributed by atoms with van der Waals surface area (Å²) in [5, 5.41) is 6.84. The van der Waals surface area contributed by atoms with E-state index in [1.54, 1.807) is 6.07 Å². The summed E-state index contributed by atoms with van der Waals surface area (Å²) in [5.41, 5.74) is 3.50. The van der Waals surface area contributed by atoms with Crippen molar-refractivity contribution in [1.82, 2.24) is 14.5 Å². The van der Waals surface area contributed by atoms with Gasteiger partial charge in [0.1, 0.15) is 11.4 Å². The van der Waals surface area contributed by atoms with Crippen LogP contribution >= 0.6 is 0 Å². The first kappa shape index (κ1) is 14.9. The largest absolute Gasteiger partial charge is 0.360 e. The van der Waals surface area contributed by atoms with Crippen molar-refractivity contribution in [2.75, 3.05) is 5.32 Å².